The second-order valence-electron chi connectivity index (χ2n) is 4.17. The number of anilines is 1. The van der Waals surface area contributed by atoms with E-state index in [4.69, 9.17) is 5.73 Å². The van der Waals surface area contributed by atoms with Gasteiger partial charge in [0.05, 0.1) is 11.5 Å². The van der Waals surface area contributed by atoms with Crippen LogP contribution in [0, 0.1) is 0 Å². The Morgan fingerprint density at radius 1 is 1.65 bits per heavy atom. The van der Waals surface area contributed by atoms with Gasteiger partial charge in [0.2, 0.25) is 0 Å². The number of carbonyl (C=O) groups excluding carboxylic acids is 1. The third kappa shape index (κ3) is 2.41. The fourth-order valence-electron chi connectivity index (χ4n) is 1.90. The lowest BCUT2D eigenvalue weighted by Crippen LogP contribution is -2.49. The molecule has 1 saturated heterocycles. The molecule has 2 rings (SSSR count). The van der Waals surface area contributed by atoms with Gasteiger partial charge in [-0.3, -0.25) is 9.89 Å². The molecule has 2 heterocycles. The first-order valence-corrected chi connectivity index (χ1v) is 7.03. The molecule has 1 atom stereocenters. The van der Waals surface area contributed by atoms with Gasteiger partial charge in [0.25, 0.3) is 5.91 Å². The number of aromatic nitrogens is 2. The highest BCUT2D eigenvalue weighted by Gasteiger charge is 2.32. The van der Waals surface area contributed by atoms with Gasteiger partial charge in [-0.15, -0.1) is 0 Å². The van der Waals surface area contributed by atoms with Crippen molar-refractivity contribution in [3.05, 3.63) is 11.8 Å². The first-order valence-electron chi connectivity index (χ1n) is 5.21. The van der Waals surface area contributed by atoms with Crippen LogP contribution in [0.15, 0.2) is 6.07 Å². The first-order chi connectivity index (χ1) is 7.89. The molecule has 0 aliphatic carbocycles. The van der Waals surface area contributed by atoms with Crippen LogP contribution in [-0.2, 0) is 9.84 Å². The van der Waals surface area contributed by atoms with Crippen LogP contribution < -0.4 is 5.73 Å². The van der Waals surface area contributed by atoms with Crippen LogP contribution in [0.2, 0.25) is 0 Å². The molecule has 0 saturated carbocycles. The van der Waals surface area contributed by atoms with E-state index in [9.17, 15) is 13.2 Å². The molecule has 1 amide bonds. The van der Waals surface area contributed by atoms with Crippen LogP contribution in [0.4, 0.5) is 5.82 Å². The van der Waals surface area contributed by atoms with Crippen LogP contribution in [0.5, 0.6) is 0 Å². The molecule has 7 nitrogen and oxygen atoms in total. The van der Waals surface area contributed by atoms with Crippen molar-refractivity contribution in [2.24, 2.45) is 0 Å². The topological polar surface area (TPSA) is 109 Å². The highest BCUT2D eigenvalue weighted by molar-refractivity contribution is 7.91. The standard InChI is InChI=1S/C9H14N4O3S/c1-6-5-17(15,16)3-2-13(6)9(14)7-4-8(10)12-11-7/h4,6H,2-3,5H2,1H3,(H3,10,11,12). The highest BCUT2D eigenvalue weighted by atomic mass is 32.2. The lowest BCUT2D eigenvalue weighted by atomic mass is 10.2. The van der Waals surface area contributed by atoms with Crippen molar-refractivity contribution in [2.75, 3.05) is 23.8 Å². The fourth-order valence-corrected chi connectivity index (χ4v) is 3.46. The molecule has 1 aromatic heterocycles. The van der Waals surface area contributed by atoms with Crippen molar-refractivity contribution >= 4 is 21.6 Å². The fraction of sp³-hybridized carbons (Fsp3) is 0.556. The summed E-state index contributed by atoms with van der Waals surface area (Å²) in [7, 11) is -3.02. The number of nitrogens with zero attached hydrogens (tertiary/aromatic N) is 2. The van der Waals surface area contributed by atoms with Crippen LogP contribution in [-0.4, -0.2) is 53.5 Å². The SMILES string of the molecule is CC1CS(=O)(=O)CCN1C(=O)c1cc(N)n[nH]1. The normalized spacial score (nSPS) is 23.6. The van der Waals surface area contributed by atoms with Crippen molar-refractivity contribution in [1.82, 2.24) is 15.1 Å². The predicted molar refractivity (Wildman–Crippen MR) is 62.2 cm³/mol. The molecule has 0 radical (unpaired) electrons. The molecule has 0 bridgehead atoms. The van der Waals surface area contributed by atoms with Gasteiger partial charge in [-0.25, -0.2) is 8.42 Å². The number of nitrogens with two attached hydrogens (primary N) is 1. The Morgan fingerprint density at radius 2 is 2.35 bits per heavy atom. The number of hydrogen-bond donors (Lipinski definition) is 2. The number of nitrogens with one attached hydrogen (secondary N) is 1. The summed E-state index contributed by atoms with van der Waals surface area (Å²) in [5.41, 5.74) is 5.70. The van der Waals surface area contributed by atoms with Crippen molar-refractivity contribution in [1.29, 1.82) is 0 Å². The molecule has 0 aromatic carbocycles. The van der Waals surface area contributed by atoms with Gasteiger partial charge in [0.15, 0.2) is 9.84 Å². The van der Waals surface area contributed by atoms with Crippen molar-refractivity contribution in [3.63, 3.8) is 0 Å². The molecule has 1 aliphatic rings. The molecule has 17 heavy (non-hydrogen) atoms. The van der Waals surface area contributed by atoms with E-state index in [1.165, 1.54) is 11.0 Å². The summed E-state index contributed by atoms with van der Waals surface area (Å²) in [6.07, 6.45) is 0. The smallest absolute Gasteiger partial charge is 0.272 e. The Hall–Kier alpha value is -1.57. The largest absolute Gasteiger partial charge is 0.382 e. The maximum Gasteiger partial charge on any atom is 0.272 e. The minimum absolute atomic E-state index is 0.00234. The maximum absolute atomic E-state index is 12.0. The second kappa shape index (κ2) is 4.02. The van der Waals surface area contributed by atoms with E-state index in [0.29, 0.717) is 0 Å². The van der Waals surface area contributed by atoms with Crippen molar-refractivity contribution in [3.8, 4) is 0 Å². The maximum atomic E-state index is 12.0. The molecule has 3 N–H and O–H groups in total. The summed E-state index contributed by atoms with van der Waals surface area (Å²) in [6.45, 7) is 1.93. The minimum atomic E-state index is -3.02. The molecular weight excluding hydrogens is 244 g/mol. The molecular formula is C9H14N4O3S. The van der Waals surface area contributed by atoms with Crippen LogP contribution in [0.3, 0.4) is 0 Å². The van der Waals surface area contributed by atoms with Crippen molar-refractivity contribution in [2.45, 2.75) is 13.0 Å². The summed E-state index contributed by atoms with van der Waals surface area (Å²) in [5, 5.41) is 6.20. The van der Waals surface area contributed by atoms with Gasteiger partial charge in [-0.2, -0.15) is 5.10 Å². The predicted octanol–water partition coefficient (Wildman–Crippen LogP) is -0.749. The average Bonchev–Trinajstić information content (AvgIpc) is 2.62. The van der Waals surface area contributed by atoms with Gasteiger partial charge >= 0.3 is 0 Å². The minimum Gasteiger partial charge on any atom is -0.382 e. The quantitative estimate of drug-likeness (QED) is 0.689. The summed E-state index contributed by atoms with van der Waals surface area (Å²) in [6, 6.07) is 1.11. The number of amides is 1. The number of aromatic amines is 1. The third-order valence-electron chi connectivity index (χ3n) is 2.76. The Labute approximate surface area is 98.9 Å². The van der Waals surface area contributed by atoms with Gasteiger partial charge < -0.3 is 10.6 Å². The second-order valence-corrected chi connectivity index (χ2v) is 6.40. The Kier molecular flexibility index (Phi) is 2.82. The van der Waals surface area contributed by atoms with Crippen LogP contribution >= 0.6 is 0 Å². The number of nitrogen functional groups attached to an aromatic ring is 1. The lowest BCUT2D eigenvalue weighted by Gasteiger charge is -2.32. The van der Waals surface area contributed by atoms with Gasteiger partial charge in [0.1, 0.15) is 11.5 Å². The van der Waals surface area contributed by atoms with E-state index >= 15 is 0 Å². The summed E-state index contributed by atoms with van der Waals surface area (Å²) >= 11 is 0. The Bertz CT molecular complexity index is 536. The zero-order valence-corrected chi connectivity index (χ0v) is 10.2. The molecule has 0 spiro atoms. The van der Waals surface area contributed by atoms with E-state index in [2.05, 4.69) is 10.2 Å². The zero-order chi connectivity index (χ0) is 12.6. The first kappa shape index (κ1) is 11.9. The number of H-pyrrole nitrogens is 1. The molecule has 1 fully saturated rings. The Morgan fingerprint density at radius 3 is 2.88 bits per heavy atom. The molecule has 1 aliphatic heterocycles. The number of rotatable bonds is 1. The number of hydrogen-bond acceptors (Lipinski definition) is 5. The molecule has 94 valence electrons. The lowest BCUT2D eigenvalue weighted by molar-refractivity contribution is 0.0706. The highest BCUT2D eigenvalue weighted by Crippen LogP contribution is 2.15. The number of sulfone groups is 1. The Balaban J connectivity index is 2.16. The molecule has 1 aromatic rings. The van der Waals surface area contributed by atoms with Gasteiger partial charge in [-0.1, -0.05) is 0 Å². The zero-order valence-electron chi connectivity index (χ0n) is 9.38. The summed E-state index contributed by atoms with van der Waals surface area (Å²) < 4.78 is 22.8. The molecule has 8 heteroatoms. The monoisotopic (exact) mass is 258 g/mol. The van der Waals surface area contributed by atoms with E-state index < -0.39 is 9.84 Å². The summed E-state index contributed by atoms with van der Waals surface area (Å²) in [4.78, 5) is 13.6. The summed E-state index contributed by atoms with van der Waals surface area (Å²) in [5.74, 6) is -0.0167. The van der Waals surface area contributed by atoms with E-state index in [0.717, 1.165) is 0 Å². The van der Waals surface area contributed by atoms with E-state index in [1.807, 2.05) is 0 Å². The van der Waals surface area contributed by atoms with Gasteiger partial charge in [-0.05, 0) is 6.92 Å². The van der Waals surface area contributed by atoms with Crippen LogP contribution in [0.25, 0.3) is 0 Å². The van der Waals surface area contributed by atoms with E-state index in [1.54, 1.807) is 6.92 Å². The van der Waals surface area contributed by atoms with E-state index in [-0.39, 0.29) is 41.5 Å². The third-order valence-corrected chi connectivity index (χ3v) is 4.55. The average molecular weight is 258 g/mol. The van der Waals surface area contributed by atoms with Crippen molar-refractivity contribution < 1.29 is 13.2 Å². The van der Waals surface area contributed by atoms with Gasteiger partial charge in [0, 0.05) is 18.7 Å². The number of carbonyl (C=O) groups is 1. The van der Waals surface area contributed by atoms with Crippen LogP contribution in [0.1, 0.15) is 17.4 Å². The molecule has 1 unspecified atom stereocenters.